The zero-order valence-electron chi connectivity index (χ0n) is 12.2. The van der Waals surface area contributed by atoms with Crippen LogP contribution in [0, 0.1) is 13.8 Å². The first-order chi connectivity index (χ1) is 10.1. The van der Waals surface area contributed by atoms with Gasteiger partial charge in [0.05, 0.1) is 5.69 Å². The van der Waals surface area contributed by atoms with Crippen LogP contribution in [0.3, 0.4) is 0 Å². The molecule has 108 valence electrons. The third kappa shape index (κ3) is 2.67. The Balaban J connectivity index is 1.63. The smallest absolute Gasteiger partial charge is 0.251 e. The number of aromatic amines is 2. The van der Waals surface area contributed by atoms with Gasteiger partial charge in [-0.25, -0.2) is 0 Å². The first-order valence-corrected chi connectivity index (χ1v) is 7.01. The van der Waals surface area contributed by atoms with Crippen molar-refractivity contribution in [1.29, 1.82) is 0 Å². The number of hydrogen-bond donors (Lipinski definition) is 3. The van der Waals surface area contributed by atoms with E-state index in [0.717, 1.165) is 28.7 Å². The highest BCUT2D eigenvalue weighted by Crippen LogP contribution is 2.14. The minimum absolute atomic E-state index is 0.0506. The number of nitrogens with zero attached hydrogens (tertiary/aromatic N) is 1. The predicted octanol–water partition coefficient (Wildman–Crippen LogP) is 2.48. The number of rotatable bonds is 4. The Bertz CT molecular complexity index is 765. The van der Waals surface area contributed by atoms with Crippen LogP contribution in [0.4, 0.5) is 0 Å². The van der Waals surface area contributed by atoms with E-state index in [0.29, 0.717) is 12.1 Å². The zero-order valence-corrected chi connectivity index (χ0v) is 12.2. The van der Waals surface area contributed by atoms with E-state index in [1.54, 1.807) is 0 Å². The average Bonchev–Trinajstić information content (AvgIpc) is 3.07. The van der Waals surface area contributed by atoms with E-state index in [9.17, 15) is 4.79 Å². The number of benzene rings is 1. The van der Waals surface area contributed by atoms with Gasteiger partial charge < -0.3 is 10.3 Å². The maximum atomic E-state index is 12.2. The highest BCUT2D eigenvalue weighted by Gasteiger charge is 2.09. The van der Waals surface area contributed by atoms with Crippen molar-refractivity contribution < 1.29 is 4.79 Å². The fraction of sp³-hybridized carbons (Fsp3) is 0.250. The van der Waals surface area contributed by atoms with Crippen molar-refractivity contribution >= 4 is 16.8 Å². The fourth-order valence-corrected chi connectivity index (χ4v) is 2.53. The number of H-pyrrole nitrogens is 2. The van der Waals surface area contributed by atoms with Crippen molar-refractivity contribution in [3.63, 3.8) is 0 Å². The van der Waals surface area contributed by atoms with Gasteiger partial charge in [0.15, 0.2) is 0 Å². The van der Waals surface area contributed by atoms with Crippen molar-refractivity contribution in [2.75, 3.05) is 6.54 Å². The SMILES string of the molecule is Cc1n[nH]c(C)c1CCNC(=O)c1ccc2cc[nH]c2c1. The second kappa shape index (κ2) is 5.44. The van der Waals surface area contributed by atoms with Crippen molar-refractivity contribution in [3.8, 4) is 0 Å². The predicted molar refractivity (Wildman–Crippen MR) is 82.4 cm³/mol. The van der Waals surface area contributed by atoms with Crippen LogP contribution in [0.25, 0.3) is 10.9 Å². The van der Waals surface area contributed by atoms with Crippen LogP contribution in [0.5, 0.6) is 0 Å². The molecule has 0 saturated carbocycles. The molecule has 0 unspecified atom stereocenters. The number of aromatic nitrogens is 3. The summed E-state index contributed by atoms with van der Waals surface area (Å²) in [6, 6.07) is 7.66. The molecule has 0 aliphatic carbocycles. The molecule has 0 spiro atoms. The molecule has 0 aliphatic rings. The van der Waals surface area contributed by atoms with Gasteiger partial charge in [0, 0.05) is 29.5 Å². The lowest BCUT2D eigenvalue weighted by atomic mass is 10.1. The Morgan fingerprint density at radius 3 is 2.90 bits per heavy atom. The highest BCUT2D eigenvalue weighted by atomic mass is 16.1. The molecule has 21 heavy (non-hydrogen) atoms. The molecule has 3 N–H and O–H groups in total. The minimum Gasteiger partial charge on any atom is -0.361 e. The van der Waals surface area contributed by atoms with Gasteiger partial charge in [-0.1, -0.05) is 6.07 Å². The summed E-state index contributed by atoms with van der Waals surface area (Å²) in [6.45, 7) is 4.57. The molecule has 0 fully saturated rings. The fourth-order valence-electron chi connectivity index (χ4n) is 2.53. The Morgan fingerprint density at radius 1 is 1.29 bits per heavy atom. The van der Waals surface area contributed by atoms with Crippen LogP contribution in [-0.2, 0) is 6.42 Å². The number of nitrogens with one attached hydrogen (secondary N) is 3. The van der Waals surface area contributed by atoms with Crippen LogP contribution in [0.2, 0.25) is 0 Å². The Labute approximate surface area is 122 Å². The summed E-state index contributed by atoms with van der Waals surface area (Å²) in [7, 11) is 0. The van der Waals surface area contributed by atoms with Gasteiger partial charge in [0.1, 0.15) is 0 Å². The molecule has 0 radical (unpaired) electrons. The molecule has 1 aromatic carbocycles. The monoisotopic (exact) mass is 282 g/mol. The van der Waals surface area contributed by atoms with Gasteiger partial charge in [-0.15, -0.1) is 0 Å². The third-order valence-electron chi connectivity index (χ3n) is 3.76. The number of carbonyl (C=O) groups is 1. The first-order valence-electron chi connectivity index (χ1n) is 7.01. The molecule has 0 aliphatic heterocycles. The lowest BCUT2D eigenvalue weighted by Gasteiger charge is -2.06. The van der Waals surface area contributed by atoms with Gasteiger partial charge in [0.2, 0.25) is 0 Å². The van der Waals surface area contributed by atoms with Gasteiger partial charge in [-0.3, -0.25) is 9.89 Å². The molecule has 3 aromatic rings. The lowest BCUT2D eigenvalue weighted by molar-refractivity contribution is 0.0954. The molecular formula is C16H18N4O. The second-order valence-corrected chi connectivity index (χ2v) is 5.20. The summed E-state index contributed by atoms with van der Waals surface area (Å²) < 4.78 is 0. The molecule has 0 saturated heterocycles. The normalized spacial score (nSPS) is 11.0. The minimum atomic E-state index is -0.0506. The molecule has 5 nitrogen and oxygen atoms in total. The zero-order chi connectivity index (χ0) is 14.8. The summed E-state index contributed by atoms with van der Waals surface area (Å²) in [4.78, 5) is 15.3. The van der Waals surface area contributed by atoms with Crippen molar-refractivity contribution in [3.05, 3.63) is 53.0 Å². The maximum absolute atomic E-state index is 12.2. The van der Waals surface area contributed by atoms with Crippen LogP contribution in [0.15, 0.2) is 30.5 Å². The average molecular weight is 282 g/mol. The van der Waals surface area contributed by atoms with E-state index in [1.807, 2.05) is 44.3 Å². The molecule has 2 aromatic heterocycles. The van der Waals surface area contributed by atoms with Crippen molar-refractivity contribution in [2.45, 2.75) is 20.3 Å². The number of hydrogen-bond acceptors (Lipinski definition) is 2. The Hall–Kier alpha value is -2.56. The van der Waals surface area contributed by atoms with Crippen LogP contribution in [0.1, 0.15) is 27.3 Å². The number of fused-ring (bicyclic) bond motifs is 1. The van der Waals surface area contributed by atoms with Gasteiger partial charge in [-0.05, 0) is 49.4 Å². The third-order valence-corrected chi connectivity index (χ3v) is 3.76. The largest absolute Gasteiger partial charge is 0.361 e. The Morgan fingerprint density at radius 2 is 2.14 bits per heavy atom. The number of amides is 1. The molecule has 0 atom stereocenters. The van der Waals surface area contributed by atoms with E-state index in [2.05, 4.69) is 20.5 Å². The van der Waals surface area contributed by atoms with Crippen LogP contribution < -0.4 is 5.32 Å². The maximum Gasteiger partial charge on any atom is 0.251 e. The van der Waals surface area contributed by atoms with Crippen molar-refractivity contribution in [2.24, 2.45) is 0 Å². The molecule has 3 rings (SSSR count). The Kier molecular flexibility index (Phi) is 3.48. The summed E-state index contributed by atoms with van der Waals surface area (Å²) >= 11 is 0. The summed E-state index contributed by atoms with van der Waals surface area (Å²) in [6.07, 6.45) is 2.65. The van der Waals surface area contributed by atoms with E-state index in [1.165, 1.54) is 5.56 Å². The topological polar surface area (TPSA) is 73.6 Å². The van der Waals surface area contributed by atoms with E-state index in [-0.39, 0.29) is 5.91 Å². The molecule has 2 heterocycles. The first kappa shape index (κ1) is 13.4. The summed E-state index contributed by atoms with van der Waals surface area (Å²) in [5.74, 6) is -0.0506. The van der Waals surface area contributed by atoms with Crippen molar-refractivity contribution in [1.82, 2.24) is 20.5 Å². The number of aryl methyl sites for hydroxylation is 2. The summed E-state index contributed by atoms with van der Waals surface area (Å²) in [5, 5.41) is 11.2. The standard InChI is InChI=1S/C16H18N4O/c1-10-14(11(2)20-19-10)6-8-18-16(21)13-4-3-12-5-7-17-15(12)9-13/h3-5,7,9,17H,6,8H2,1-2H3,(H,18,21)(H,19,20). The van der Waals surface area contributed by atoms with E-state index < -0.39 is 0 Å². The van der Waals surface area contributed by atoms with Crippen LogP contribution in [-0.4, -0.2) is 27.6 Å². The lowest BCUT2D eigenvalue weighted by Crippen LogP contribution is -2.25. The van der Waals surface area contributed by atoms with Crippen LogP contribution >= 0.6 is 0 Å². The number of carbonyl (C=O) groups excluding carboxylic acids is 1. The van der Waals surface area contributed by atoms with E-state index >= 15 is 0 Å². The van der Waals surface area contributed by atoms with Gasteiger partial charge >= 0.3 is 0 Å². The molecule has 1 amide bonds. The second-order valence-electron chi connectivity index (χ2n) is 5.20. The quantitative estimate of drug-likeness (QED) is 0.687. The van der Waals surface area contributed by atoms with Gasteiger partial charge in [-0.2, -0.15) is 5.10 Å². The molecule has 0 bridgehead atoms. The molecule has 5 heteroatoms. The van der Waals surface area contributed by atoms with E-state index in [4.69, 9.17) is 0 Å². The highest BCUT2D eigenvalue weighted by molar-refractivity contribution is 5.97. The molecular weight excluding hydrogens is 264 g/mol. The van der Waals surface area contributed by atoms with Gasteiger partial charge in [0.25, 0.3) is 5.91 Å². The summed E-state index contributed by atoms with van der Waals surface area (Å²) in [5.41, 5.74) is 4.88.